The van der Waals surface area contributed by atoms with E-state index in [2.05, 4.69) is 0 Å². The van der Waals surface area contributed by atoms with Crippen molar-refractivity contribution in [1.82, 2.24) is 4.90 Å². The van der Waals surface area contributed by atoms with Crippen LogP contribution in [0.4, 0.5) is 13.2 Å². The summed E-state index contributed by atoms with van der Waals surface area (Å²) in [5, 5.41) is 0. The largest absolute Gasteiger partial charge is 0.404 e. The van der Waals surface area contributed by atoms with Crippen molar-refractivity contribution in [1.29, 1.82) is 0 Å². The predicted octanol–water partition coefficient (Wildman–Crippen LogP) is 1.61. The van der Waals surface area contributed by atoms with Gasteiger partial charge < -0.3 is 5.73 Å². The topological polar surface area (TPSA) is 29.3 Å². The highest BCUT2D eigenvalue weighted by atomic mass is 19.4. The SMILES string of the molecule is CCCN(C)C(CCN)C(F)(F)F. The summed E-state index contributed by atoms with van der Waals surface area (Å²) < 4.78 is 37.2. The quantitative estimate of drug-likeness (QED) is 0.727. The lowest BCUT2D eigenvalue weighted by Crippen LogP contribution is -2.45. The Morgan fingerprint density at radius 2 is 1.92 bits per heavy atom. The van der Waals surface area contributed by atoms with Gasteiger partial charge in [0.05, 0.1) is 0 Å². The number of rotatable bonds is 5. The summed E-state index contributed by atoms with van der Waals surface area (Å²) in [6.07, 6.45) is -3.48. The molecule has 0 fully saturated rings. The van der Waals surface area contributed by atoms with E-state index in [9.17, 15) is 13.2 Å². The Morgan fingerprint density at radius 3 is 2.23 bits per heavy atom. The average Bonchev–Trinajstić information content (AvgIpc) is 1.98. The van der Waals surface area contributed by atoms with Crippen LogP contribution >= 0.6 is 0 Å². The maximum atomic E-state index is 12.4. The zero-order valence-corrected chi connectivity index (χ0v) is 8.06. The van der Waals surface area contributed by atoms with E-state index >= 15 is 0 Å². The number of nitrogens with two attached hydrogens (primary N) is 1. The second-order valence-corrected chi connectivity index (χ2v) is 3.12. The van der Waals surface area contributed by atoms with Gasteiger partial charge in [-0.25, -0.2) is 0 Å². The van der Waals surface area contributed by atoms with E-state index in [0.717, 1.165) is 0 Å². The maximum absolute atomic E-state index is 12.4. The molecular formula is C8H17F3N2. The first kappa shape index (κ1) is 12.7. The van der Waals surface area contributed by atoms with Crippen LogP contribution in [0, 0.1) is 0 Å². The fourth-order valence-corrected chi connectivity index (χ4v) is 1.30. The lowest BCUT2D eigenvalue weighted by atomic mass is 10.1. The van der Waals surface area contributed by atoms with Crippen molar-refractivity contribution in [2.24, 2.45) is 5.73 Å². The van der Waals surface area contributed by atoms with Crippen molar-refractivity contribution in [2.75, 3.05) is 20.1 Å². The Kier molecular flexibility index (Phi) is 5.32. The molecule has 0 amide bonds. The van der Waals surface area contributed by atoms with E-state index in [1.807, 2.05) is 6.92 Å². The van der Waals surface area contributed by atoms with Crippen LogP contribution < -0.4 is 5.73 Å². The Hall–Kier alpha value is -0.290. The molecule has 0 rings (SSSR count). The third kappa shape index (κ3) is 4.47. The first-order valence-corrected chi connectivity index (χ1v) is 4.40. The number of hydrogen-bond acceptors (Lipinski definition) is 2. The molecular weight excluding hydrogens is 181 g/mol. The van der Waals surface area contributed by atoms with Gasteiger partial charge in [-0.1, -0.05) is 6.92 Å². The molecule has 0 heterocycles. The minimum Gasteiger partial charge on any atom is -0.330 e. The molecule has 2 N–H and O–H groups in total. The molecule has 13 heavy (non-hydrogen) atoms. The van der Waals surface area contributed by atoms with Crippen LogP contribution in [-0.2, 0) is 0 Å². The molecule has 0 aliphatic heterocycles. The van der Waals surface area contributed by atoms with Crippen LogP contribution in [-0.4, -0.2) is 37.3 Å². The fraction of sp³-hybridized carbons (Fsp3) is 1.00. The summed E-state index contributed by atoms with van der Waals surface area (Å²) in [7, 11) is 1.48. The number of halogens is 3. The molecule has 0 spiro atoms. The van der Waals surface area contributed by atoms with Gasteiger partial charge in [-0.2, -0.15) is 13.2 Å². The van der Waals surface area contributed by atoms with Gasteiger partial charge in [-0.3, -0.25) is 4.90 Å². The first-order valence-electron chi connectivity index (χ1n) is 4.40. The zero-order chi connectivity index (χ0) is 10.5. The maximum Gasteiger partial charge on any atom is 0.404 e. The molecule has 0 aromatic rings. The monoisotopic (exact) mass is 198 g/mol. The number of hydrogen-bond donors (Lipinski definition) is 1. The summed E-state index contributed by atoms with van der Waals surface area (Å²) >= 11 is 0. The van der Waals surface area contributed by atoms with Crippen LogP contribution in [0.5, 0.6) is 0 Å². The summed E-state index contributed by atoms with van der Waals surface area (Å²) in [4.78, 5) is 1.31. The van der Waals surface area contributed by atoms with Crippen LogP contribution in [0.2, 0.25) is 0 Å². The molecule has 0 aliphatic carbocycles. The molecule has 0 aromatic heterocycles. The van der Waals surface area contributed by atoms with Crippen molar-refractivity contribution >= 4 is 0 Å². The third-order valence-corrected chi connectivity index (χ3v) is 1.93. The Bertz CT molecular complexity index is 136. The van der Waals surface area contributed by atoms with Crippen LogP contribution in [0.3, 0.4) is 0 Å². The third-order valence-electron chi connectivity index (χ3n) is 1.93. The molecule has 0 saturated heterocycles. The summed E-state index contributed by atoms with van der Waals surface area (Å²) in [6, 6.07) is -1.39. The van der Waals surface area contributed by atoms with Gasteiger partial charge in [0.25, 0.3) is 0 Å². The van der Waals surface area contributed by atoms with E-state index in [0.29, 0.717) is 13.0 Å². The molecule has 1 atom stereocenters. The Morgan fingerprint density at radius 1 is 1.38 bits per heavy atom. The fourth-order valence-electron chi connectivity index (χ4n) is 1.30. The highest BCUT2D eigenvalue weighted by Crippen LogP contribution is 2.26. The standard InChI is InChI=1S/C8H17F3N2/c1-3-6-13(2)7(4-5-12)8(9,10)11/h7H,3-6,12H2,1-2H3. The molecule has 0 saturated carbocycles. The van der Waals surface area contributed by atoms with E-state index in [1.165, 1.54) is 11.9 Å². The zero-order valence-electron chi connectivity index (χ0n) is 8.06. The molecule has 0 bridgehead atoms. The molecule has 0 aromatic carbocycles. The van der Waals surface area contributed by atoms with E-state index in [4.69, 9.17) is 5.73 Å². The first-order chi connectivity index (χ1) is 5.93. The normalized spacial score (nSPS) is 15.0. The highest BCUT2D eigenvalue weighted by molar-refractivity contribution is 4.76. The summed E-state index contributed by atoms with van der Waals surface area (Å²) in [6.45, 7) is 2.37. The molecule has 1 unspecified atom stereocenters. The van der Waals surface area contributed by atoms with Gasteiger partial charge in [0, 0.05) is 0 Å². The molecule has 80 valence electrons. The smallest absolute Gasteiger partial charge is 0.330 e. The van der Waals surface area contributed by atoms with Gasteiger partial charge in [0.2, 0.25) is 0 Å². The highest BCUT2D eigenvalue weighted by Gasteiger charge is 2.41. The minimum atomic E-state index is -4.16. The molecule has 2 nitrogen and oxygen atoms in total. The Labute approximate surface area is 76.9 Å². The van der Waals surface area contributed by atoms with Crippen molar-refractivity contribution < 1.29 is 13.2 Å². The van der Waals surface area contributed by atoms with Crippen LogP contribution in [0.1, 0.15) is 19.8 Å². The van der Waals surface area contributed by atoms with Gasteiger partial charge in [0.1, 0.15) is 6.04 Å². The summed E-state index contributed by atoms with van der Waals surface area (Å²) in [5.74, 6) is 0. The minimum absolute atomic E-state index is 0.0278. The Balaban J connectivity index is 4.23. The summed E-state index contributed by atoms with van der Waals surface area (Å²) in [5.41, 5.74) is 5.13. The van der Waals surface area contributed by atoms with Gasteiger partial charge in [0.15, 0.2) is 0 Å². The number of nitrogens with zero attached hydrogens (tertiary/aromatic N) is 1. The lowest BCUT2D eigenvalue weighted by Gasteiger charge is -2.29. The predicted molar refractivity (Wildman–Crippen MR) is 46.4 cm³/mol. The van der Waals surface area contributed by atoms with Crippen molar-refractivity contribution in [2.45, 2.75) is 32.0 Å². The molecule has 5 heteroatoms. The van der Waals surface area contributed by atoms with Crippen molar-refractivity contribution in [3.8, 4) is 0 Å². The van der Waals surface area contributed by atoms with E-state index in [-0.39, 0.29) is 13.0 Å². The van der Waals surface area contributed by atoms with Crippen LogP contribution in [0.15, 0.2) is 0 Å². The van der Waals surface area contributed by atoms with Gasteiger partial charge in [-0.05, 0) is 33.0 Å². The van der Waals surface area contributed by atoms with Crippen molar-refractivity contribution in [3.05, 3.63) is 0 Å². The second-order valence-electron chi connectivity index (χ2n) is 3.12. The molecule has 0 radical (unpaired) electrons. The van der Waals surface area contributed by atoms with Crippen molar-refractivity contribution in [3.63, 3.8) is 0 Å². The lowest BCUT2D eigenvalue weighted by molar-refractivity contribution is -0.181. The average molecular weight is 198 g/mol. The van der Waals surface area contributed by atoms with E-state index < -0.39 is 12.2 Å². The van der Waals surface area contributed by atoms with Gasteiger partial charge >= 0.3 is 6.18 Å². The number of alkyl halides is 3. The second kappa shape index (κ2) is 5.44. The molecule has 0 aliphatic rings. The van der Waals surface area contributed by atoms with Crippen LogP contribution in [0.25, 0.3) is 0 Å². The van der Waals surface area contributed by atoms with E-state index in [1.54, 1.807) is 0 Å². The van der Waals surface area contributed by atoms with Gasteiger partial charge in [-0.15, -0.1) is 0 Å².